The standard InChI is InChI=1S/C11H10BrNO3/c12-7-2-1-3-8(6-7)13-5-4-9(10(13)14)11(15)16/h1-3,6,9H,4-5H2,(H,15,16)/t9-/m1/s1. The second-order valence-corrected chi connectivity index (χ2v) is 4.56. The Morgan fingerprint density at radius 1 is 1.50 bits per heavy atom. The number of nitrogens with zero attached hydrogens (tertiary/aromatic N) is 1. The third-order valence-electron chi connectivity index (χ3n) is 2.62. The van der Waals surface area contributed by atoms with E-state index in [0.717, 1.165) is 10.2 Å². The first-order chi connectivity index (χ1) is 7.59. The van der Waals surface area contributed by atoms with Crippen LogP contribution in [0.3, 0.4) is 0 Å². The number of anilines is 1. The van der Waals surface area contributed by atoms with Crippen LogP contribution in [0.15, 0.2) is 28.7 Å². The van der Waals surface area contributed by atoms with E-state index in [-0.39, 0.29) is 5.91 Å². The molecule has 1 N–H and O–H groups in total. The molecular formula is C11H10BrNO3. The summed E-state index contributed by atoms with van der Waals surface area (Å²) in [6.45, 7) is 0.465. The van der Waals surface area contributed by atoms with E-state index in [2.05, 4.69) is 15.9 Å². The Kier molecular flexibility index (Phi) is 2.96. The first-order valence-corrected chi connectivity index (χ1v) is 5.68. The van der Waals surface area contributed by atoms with Crippen molar-refractivity contribution >= 4 is 33.5 Å². The van der Waals surface area contributed by atoms with E-state index in [9.17, 15) is 9.59 Å². The van der Waals surface area contributed by atoms with Gasteiger partial charge in [-0.2, -0.15) is 0 Å². The van der Waals surface area contributed by atoms with Crippen molar-refractivity contribution in [3.8, 4) is 0 Å². The first-order valence-electron chi connectivity index (χ1n) is 4.89. The summed E-state index contributed by atoms with van der Waals surface area (Å²) in [5, 5.41) is 8.85. The van der Waals surface area contributed by atoms with Crippen LogP contribution in [0.2, 0.25) is 0 Å². The second kappa shape index (κ2) is 4.25. The van der Waals surface area contributed by atoms with Crippen molar-refractivity contribution in [3.63, 3.8) is 0 Å². The number of carbonyl (C=O) groups is 2. The van der Waals surface area contributed by atoms with Crippen LogP contribution >= 0.6 is 15.9 Å². The number of halogens is 1. The molecular weight excluding hydrogens is 274 g/mol. The normalized spacial score (nSPS) is 20.2. The van der Waals surface area contributed by atoms with Crippen molar-refractivity contribution in [2.75, 3.05) is 11.4 Å². The molecule has 0 aliphatic carbocycles. The van der Waals surface area contributed by atoms with E-state index >= 15 is 0 Å². The minimum Gasteiger partial charge on any atom is -0.481 e. The van der Waals surface area contributed by atoms with Crippen molar-refractivity contribution in [3.05, 3.63) is 28.7 Å². The van der Waals surface area contributed by atoms with E-state index in [1.54, 1.807) is 6.07 Å². The zero-order valence-corrected chi connectivity index (χ0v) is 9.98. The van der Waals surface area contributed by atoms with E-state index in [4.69, 9.17) is 5.11 Å². The summed E-state index contributed by atoms with van der Waals surface area (Å²) in [7, 11) is 0. The number of amides is 1. The molecule has 84 valence electrons. The molecule has 0 spiro atoms. The van der Waals surface area contributed by atoms with E-state index in [1.807, 2.05) is 18.2 Å². The van der Waals surface area contributed by atoms with E-state index in [1.165, 1.54) is 4.90 Å². The van der Waals surface area contributed by atoms with Crippen molar-refractivity contribution in [2.24, 2.45) is 5.92 Å². The number of aliphatic carboxylic acids is 1. The molecule has 1 saturated heterocycles. The lowest BCUT2D eigenvalue weighted by Gasteiger charge is -2.16. The van der Waals surface area contributed by atoms with Gasteiger partial charge in [0.25, 0.3) is 0 Å². The average molecular weight is 284 g/mol. The predicted molar refractivity (Wildman–Crippen MR) is 62.2 cm³/mol. The quantitative estimate of drug-likeness (QED) is 0.844. The van der Waals surface area contributed by atoms with Crippen molar-refractivity contribution in [1.82, 2.24) is 0 Å². The van der Waals surface area contributed by atoms with E-state index in [0.29, 0.717) is 13.0 Å². The predicted octanol–water partition coefficient (Wildman–Crippen LogP) is 1.89. The number of carboxylic acid groups (broad SMARTS) is 1. The number of benzene rings is 1. The first kappa shape index (κ1) is 11.1. The van der Waals surface area contributed by atoms with Crippen LogP contribution in [-0.4, -0.2) is 23.5 Å². The molecule has 5 heteroatoms. The van der Waals surface area contributed by atoms with Gasteiger partial charge in [-0.15, -0.1) is 0 Å². The summed E-state index contributed by atoms with van der Waals surface area (Å²) < 4.78 is 0.872. The summed E-state index contributed by atoms with van der Waals surface area (Å²) in [6.07, 6.45) is 0.376. The Bertz CT molecular complexity index is 447. The van der Waals surface area contributed by atoms with Gasteiger partial charge >= 0.3 is 5.97 Å². The molecule has 1 aromatic rings. The second-order valence-electron chi connectivity index (χ2n) is 3.65. The average Bonchev–Trinajstić information content (AvgIpc) is 2.60. The largest absolute Gasteiger partial charge is 0.481 e. The van der Waals surface area contributed by atoms with Gasteiger partial charge in [-0.25, -0.2) is 0 Å². The van der Waals surface area contributed by atoms with Crippen LogP contribution in [-0.2, 0) is 9.59 Å². The molecule has 0 bridgehead atoms. The molecule has 1 fully saturated rings. The number of hydrogen-bond acceptors (Lipinski definition) is 2. The molecule has 2 rings (SSSR count). The highest BCUT2D eigenvalue weighted by Gasteiger charge is 2.37. The molecule has 0 saturated carbocycles. The number of carbonyl (C=O) groups excluding carboxylic acids is 1. The zero-order chi connectivity index (χ0) is 11.7. The Morgan fingerprint density at radius 2 is 2.25 bits per heavy atom. The summed E-state index contributed by atoms with van der Waals surface area (Å²) in [5.41, 5.74) is 0.739. The number of hydrogen-bond donors (Lipinski definition) is 1. The number of carboxylic acids is 1. The van der Waals surface area contributed by atoms with Crippen LogP contribution in [0.4, 0.5) is 5.69 Å². The smallest absolute Gasteiger partial charge is 0.316 e. The summed E-state index contributed by atoms with van der Waals surface area (Å²) in [6, 6.07) is 7.29. The topological polar surface area (TPSA) is 57.6 Å². The fourth-order valence-electron chi connectivity index (χ4n) is 1.81. The van der Waals surface area contributed by atoms with Gasteiger partial charge in [0.15, 0.2) is 0 Å². The van der Waals surface area contributed by atoms with Gasteiger partial charge in [-0.3, -0.25) is 9.59 Å². The van der Waals surface area contributed by atoms with E-state index < -0.39 is 11.9 Å². The maximum Gasteiger partial charge on any atom is 0.316 e. The highest BCUT2D eigenvalue weighted by molar-refractivity contribution is 9.10. The Balaban J connectivity index is 2.25. The number of rotatable bonds is 2. The maximum absolute atomic E-state index is 11.8. The van der Waals surface area contributed by atoms with Gasteiger partial charge in [-0.1, -0.05) is 22.0 Å². The molecule has 1 aliphatic rings. The molecule has 1 atom stereocenters. The van der Waals surface area contributed by atoms with Crippen molar-refractivity contribution in [2.45, 2.75) is 6.42 Å². The van der Waals surface area contributed by atoms with Gasteiger partial charge in [0, 0.05) is 16.7 Å². The van der Waals surface area contributed by atoms with Crippen LogP contribution in [0, 0.1) is 5.92 Å². The lowest BCUT2D eigenvalue weighted by atomic mass is 10.1. The molecule has 0 radical (unpaired) electrons. The highest BCUT2D eigenvalue weighted by Crippen LogP contribution is 2.27. The molecule has 1 aromatic carbocycles. The van der Waals surface area contributed by atoms with Gasteiger partial charge in [0.2, 0.25) is 5.91 Å². The summed E-state index contributed by atoms with van der Waals surface area (Å²) >= 11 is 3.32. The fraction of sp³-hybridized carbons (Fsp3) is 0.273. The van der Waals surface area contributed by atoms with Crippen molar-refractivity contribution in [1.29, 1.82) is 0 Å². The monoisotopic (exact) mass is 283 g/mol. The van der Waals surface area contributed by atoms with Gasteiger partial charge in [0.05, 0.1) is 0 Å². The SMILES string of the molecule is O=C(O)[C@@H]1CCN(c2cccc(Br)c2)C1=O. The lowest BCUT2D eigenvalue weighted by molar-refractivity contribution is -0.144. The maximum atomic E-state index is 11.8. The molecule has 1 aliphatic heterocycles. The van der Waals surface area contributed by atoms with Crippen LogP contribution in [0.5, 0.6) is 0 Å². The Hall–Kier alpha value is -1.36. The molecule has 1 amide bonds. The van der Waals surface area contributed by atoms with Crippen LogP contribution < -0.4 is 4.90 Å². The molecule has 16 heavy (non-hydrogen) atoms. The minimum absolute atomic E-state index is 0.328. The molecule has 0 aromatic heterocycles. The highest BCUT2D eigenvalue weighted by atomic mass is 79.9. The summed E-state index contributed by atoms with van der Waals surface area (Å²) in [5.74, 6) is -2.26. The van der Waals surface area contributed by atoms with Gasteiger partial charge < -0.3 is 10.0 Å². The Labute approximate surface area is 101 Å². The molecule has 1 heterocycles. The third kappa shape index (κ3) is 1.95. The van der Waals surface area contributed by atoms with Crippen LogP contribution in [0.25, 0.3) is 0 Å². The molecule has 4 nitrogen and oxygen atoms in total. The lowest BCUT2D eigenvalue weighted by Crippen LogP contribution is -2.30. The summed E-state index contributed by atoms with van der Waals surface area (Å²) in [4.78, 5) is 24.1. The third-order valence-corrected chi connectivity index (χ3v) is 3.12. The zero-order valence-electron chi connectivity index (χ0n) is 8.39. The minimum atomic E-state index is -1.04. The van der Waals surface area contributed by atoms with Crippen molar-refractivity contribution < 1.29 is 14.7 Å². The molecule has 0 unspecified atom stereocenters. The van der Waals surface area contributed by atoms with Gasteiger partial charge in [-0.05, 0) is 24.6 Å². The Morgan fingerprint density at radius 3 is 2.81 bits per heavy atom. The van der Waals surface area contributed by atoms with Gasteiger partial charge in [0.1, 0.15) is 5.92 Å². The fourth-order valence-corrected chi connectivity index (χ4v) is 2.20. The van der Waals surface area contributed by atoms with Crippen LogP contribution in [0.1, 0.15) is 6.42 Å².